The van der Waals surface area contributed by atoms with Crippen molar-refractivity contribution < 1.29 is 0 Å². The van der Waals surface area contributed by atoms with Crippen molar-refractivity contribution in [3.05, 3.63) is 23.3 Å². The maximum absolute atomic E-state index is 3.11. The van der Waals surface area contributed by atoms with Gasteiger partial charge in [0.25, 0.3) is 0 Å². The van der Waals surface area contributed by atoms with E-state index in [0.717, 1.165) is 117 Å². The predicted octanol–water partition coefficient (Wildman–Crippen LogP) is 14.0. The maximum atomic E-state index is 3.11. The van der Waals surface area contributed by atoms with Gasteiger partial charge in [0.05, 0.1) is 16.1 Å². The Balaban J connectivity index is 0.943. The van der Waals surface area contributed by atoms with Crippen molar-refractivity contribution in [3.8, 4) is 0 Å². The van der Waals surface area contributed by atoms with Gasteiger partial charge in [0, 0.05) is 0 Å². The van der Waals surface area contributed by atoms with Gasteiger partial charge in [-0.05, 0) is 269 Å². The smallest absolute Gasteiger partial charge is 0.0774 e. The first-order chi connectivity index (χ1) is 27.8. The molecule has 0 N–H and O–H groups in total. The Hall–Kier alpha value is 0.514. The molecule has 0 aliphatic heterocycles. The fourth-order valence-electron chi connectivity index (χ4n) is 21.2. The van der Waals surface area contributed by atoms with Crippen LogP contribution in [-0.4, -0.2) is 38.8 Å². The van der Waals surface area contributed by atoms with E-state index >= 15 is 0 Å². The van der Waals surface area contributed by atoms with Crippen LogP contribution in [0.5, 0.6) is 0 Å². The summed E-state index contributed by atoms with van der Waals surface area (Å²) in [6.07, 6.45) is 36.0. The van der Waals surface area contributed by atoms with Gasteiger partial charge < -0.3 is 0 Å². The average Bonchev–Trinajstić information content (AvgIpc) is 3.12. The topological polar surface area (TPSA) is 0 Å². The zero-order valence-electron chi connectivity index (χ0n) is 38.2. The molecule has 16 saturated carbocycles. The van der Waals surface area contributed by atoms with Gasteiger partial charge in [-0.25, -0.2) is 0 Å². The fraction of sp³-hybridized carbons (Fsp3) is 0.889. The summed E-state index contributed by atoms with van der Waals surface area (Å²) in [6.45, 7) is 16.4. The van der Waals surface area contributed by atoms with Crippen LogP contribution in [0.1, 0.15) is 140 Å². The summed E-state index contributed by atoms with van der Waals surface area (Å²) in [7, 11) is -3.01. The summed E-state index contributed by atoms with van der Waals surface area (Å²) in [5, 5.41) is 3.87. The Morgan fingerprint density at radius 1 is 0.328 bits per heavy atom. The van der Waals surface area contributed by atoms with E-state index in [2.05, 4.69) is 51.4 Å². The normalized spacial score (nSPS) is 51.3. The van der Waals surface area contributed by atoms with E-state index in [1.165, 1.54) is 0 Å². The summed E-state index contributed by atoms with van der Waals surface area (Å²) in [6, 6.07) is 6.22. The highest BCUT2D eigenvalue weighted by atomic mass is 31.1. The number of benzene rings is 1. The molecule has 0 amide bonds. The molecule has 0 aromatic heterocycles. The average molecular weight is 851 g/mol. The second kappa shape index (κ2) is 14.0. The van der Waals surface area contributed by atoms with Crippen LogP contribution in [0.4, 0.5) is 0 Å². The standard InChI is InChI=1S/C54H84P2Si2/c1-57(2,3)49-27-47(29-55(51-39-11-31-7-32(13-39)14-40(51)12-31)52-41-15-33-8-34(17-41)18-42(52)16-33)48(28-50(49)58(4,5)6)30-56(53-43-19-35-9-36(21-43)22-44(53)20-35)54-45-23-37-10-38(25-45)26-46(54)24-37/h27-28,31-46,51-54H,7-26,29-30H2,1-6H3. The molecule has 1 aromatic carbocycles. The van der Waals surface area contributed by atoms with Gasteiger partial charge in [-0.1, -0.05) is 77.6 Å². The van der Waals surface area contributed by atoms with Crippen LogP contribution in [0.15, 0.2) is 12.1 Å². The van der Waals surface area contributed by atoms with Gasteiger partial charge in [0.1, 0.15) is 0 Å². The van der Waals surface area contributed by atoms with Crippen molar-refractivity contribution in [2.24, 2.45) is 94.7 Å². The number of hydrogen-bond acceptors (Lipinski definition) is 0. The van der Waals surface area contributed by atoms with Crippen LogP contribution in [0.25, 0.3) is 0 Å². The highest BCUT2D eigenvalue weighted by Gasteiger charge is 2.59. The predicted molar refractivity (Wildman–Crippen MR) is 257 cm³/mol. The van der Waals surface area contributed by atoms with Crippen LogP contribution < -0.4 is 10.4 Å². The molecule has 1 aromatic rings. The molecule has 0 spiro atoms. The maximum Gasteiger partial charge on any atom is 0.0774 e. The summed E-state index contributed by atoms with van der Waals surface area (Å²) < 4.78 is 0. The molecule has 16 bridgehead atoms. The van der Waals surface area contributed by atoms with Gasteiger partial charge in [0.15, 0.2) is 0 Å². The molecular weight excluding hydrogens is 767 g/mol. The van der Waals surface area contributed by atoms with E-state index in [4.69, 9.17) is 0 Å². The van der Waals surface area contributed by atoms with Crippen molar-refractivity contribution in [2.75, 3.05) is 0 Å². The first-order valence-corrected chi connectivity index (χ1v) is 36.9. The van der Waals surface area contributed by atoms with E-state index in [0.29, 0.717) is 0 Å². The van der Waals surface area contributed by atoms with Gasteiger partial charge in [-0.15, -0.1) is 0 Å². The van der Waals surface area contributed by atoms with Gasteiger partial charge >= 0.3 is 0 Å². The summed E-state index contributed by atoms with van der Waals surface area (Å²) in [5.74, 6) is 17.8. The monoisotopic (exact) mass is 851 g/mol. The molecule has 318 valence electrons. The van der Waals surface area contributed by atoms with Crippen LogP contribution in [-0.2, 0) is 12.3 Å². The minimum Gasteiger partial charge on any atom is -0.0947 e. The third kappa shape index (κ3) is 6.44. The zero-order chi connectivity index (χ0) is 39.0. The van der Waals surface area contributed by atoms with Crippen LogP contribution in [0.2, 0.25) is 39.3 Å². The lowest BCUT2D eigenvalue weighted by molar-refractivity contribution is 0.0127. The highest BCUT2D eigenvalue weighted by Crippen LogP contribution is 2.74. The molecule has 16 aliphatic rings. The van der Waals surface area contributed by atoms with E-state index in [1.54, 1.807) is 141 Å². The van der Waals surface area contributed by atoms with Crippen molar-refractivity contribution in [1.82, 2.24) is 0 Å². The lowest BCUT2D eigenvalue weighted by atomic mass is 9.55. The summed E-state index contributed by atoms with van der Waals surface area (Å²) >= 11 is 0. The second-order valence-corrected chi connectivity index (χ2v) is 42.8. The SMILES string of the molecule is C[Si](C)(C)c1cc(CP(C2C3CC4CC(C3)CC2C4)C2C3CC4CC(C3)CC2C4)c(CP(C2C3CC4CC(C3)CC2C4)C2C3CC4CC(C3)CC2C4)cc1[Si](C)(C)C. The molecule has 58 heavy (non-hydrogen) atoms. The Bertz CT molecular complexity index is 1440. The quantitative estimate of drug-likeness (QED) is 0.163. The Labute approximate surface area is 361 Å². The van der Waals surface area contributed by atoms with Crippen molar-refractivity contribution in [2.45, 2.75) is 203 Å². The van der Waals surface area contributed by atoms with E-state index in [-0.39, 0.29) is 15.8 Å². The van der Waals surface area contributed by atoms with Crippen LogP contribution in [0, 0.1) is 94.7 Å². The Kier molecular flexibility index (Phi) is 9.40. The van der Waals surface area contributed by atoms with Gasteiger partial charge in [0.2, 0.25) is 0 Å². The highest BCUT2D eigenvalue weighted by molar-refractivity contribution is 7.59. The molecule has 0 atom stereocenters. The lowest BCUT2D eigenvalue weighted by Gasteiger charge is -2.62. The molecule has 0 unspecified atom stereocenters. The van der Waals surface area contributed by atoms with Crippen LogP contribution >= 0.6 is 15.8 Å². The van der Waals surface area contributed by atoms with Crippen LogP contribution in [0.3, 0.4) is 0 Å². The molecule has 0 nitrogen and oxygen atoms in total. The first kappa shape index (κ1) is 38.9. The third-order valence-corrected chi connectivity index (χ3v) is 34.1. The van der Waals surface area contributed by atoms with Crippen molar-refractivity contribution in [3.63, 3.8) is 0 Å². The number of rotatable bonds is 10. The summed E-state index contributed by atoms with van der Waals surface area (Å²) in [4.78, 5) is 0. The van der Waals surface area contributed by atoms with E-state index < -0.39 is 16.1 Å². The van der Waals surface area contributed by atoms with Crippen molar-refractivity contribution >= 4 is 42.4 Å². The minimum absolute atomic E-state index is 0.0216. The minimum atomic E-state index is -1.52. The Morgan fingerprint density at radius 3 is 0.690 bits per heavy atom. The molecule has 16 aliphatic carbocycles. The molecule has 16 fully saturated rings. The van der Waals surface area contributed by atoms with E-state index in [1.807, 2.05) is 21.5 Å². The number of hydrogen-bond donors (Lipinski definition) is 0. The van der Waals surface area contributed by atoms with Crippen molar-refractivity contribution in [1.29, 1.82) is 0 Å². The summed E-state index contributed by atoms with van der Waals surface area (Å²) in [5.41, 5.74) is 8.55. The lowest BCUT2D eigenvalue weighted by Crippen LogP contribution is -2.57. The molecular formula is C54H84P2Si2. The molecule has 0 radical (unpaired) electrons. The molecule has 4 heteroatoms. The first-order valence-electron chi connectivity index (χ1n) is 26.5. The third-order valence-electron chi connectivity index (χ3n) is 21.9. The van der Waals surface area contributed by atoms with Gasteiger partial charge in [-0.3, -0.25) is 0 Å². The largest absolute Gasteiger partial charge is 0.0947 e. The molecule has 0 heterocycles. The van der Waals surface area contributed by atoms with E-state index in [9.17, 15) is 0 Å². The van der Waals surface area contributed by atoms with Gasteiger partial charge in [-0.2, -0.15) is 0 Å². The molecule has 17 rings (SSSR count). The molecule has 0 saturated heterocycles. The zero-order valence-corrected chi connectivity index (χ0v) is 41.9. The Morgan fingerprint density at radius 2 is 0.517 bits per heavy atom. The second-order valence-electron chi connectivity index (χ2n) is 27.7. The fourth-order valence-corrected chi connectivity index (χ4v) is 35.7.